The number of hydrazone groups is 1. The Morgan fingerprint density at radius 1 is 0.769 bits per heavy atom. The van der Waals surface area contributed by atoms with Gasteiger partial charge < -0.3 is 0 Å². The molecule has 1 heterocycles. The van der Waals surface area contributed by atoms with Crippen molar-refractivity contribution in [1.82, 2.24) is 5.43 Å². The summed E-state index contributed by atoms with van der Waals surface area (Å²) in [5.74, 6) is -2.20. The lowest BCUT2D eigenvalue weighted by molar-refractivity contribution is -0.123. The predicted molar refractivity (Wildman–Crippen MR) is 148 cm³/mol. The van der Waals surface area contributed by atoms with Crippen LogP contribution in [0.4, 0.5) is 5.69 Å². The summed E-state index contributed by atoms with van der Waals surface area (Å²) in [6.07, 6.45) is 1.88. The van der Waals surface area contributed by atoms with Crippen molar-refractivity contribution in [2.45, 2.75) is 17.8 Å². The third-order valence-corrected chi connectivity index (χ3v) is 8.36. The summed E-state index contributed by atoms with van der Waals surface area (Å²) in [5.41, 5.74) is 7.07. The summed E-state index contributed by atoms with van der Waals surface area (Å²) in [4.78, 5) is 42.5. The first-order valence-corrected chi connectivity index (χ1v) is 13.1. The van der Waals surface area contributed by atoms with Crippen molar-refractivity contribution in [2.24, 2.45) is 16.9 Å². The highest BCUT2D eigenvalue weighted by molar-refractivity contribution is 6.25. The van der Waals surface area contributed by atoms with Gasteiger partial charge in [0.15, 0.2) is 0 Å². The third-order valence-electron chi connectivity index (χ3n) is 8.36. The fourth-order valence-electron chi connectivity index (χ4n) is 6.91. The molecule has 0 aromatic heterocycles. The van der Waals surface area contributed by atoms with Crippen LogP contribution in [0.5, 0.6) is 0 Å². The Hall–Kier alpha value is -4.84. The number of rotatable bonds is 5. The van der Waals surface area contributed by atoms with Crippen molar-refractivity contribution >= 4 is 29.6 Å². The van der Waals surface area contributed by atoms with Crippen molar-refractivity contribution in [2.75, 3.05) is 4.90 Å². The number of amides is 3. The molecule has 1 fully saturated rings. The maximum absolute atomic E-state index is 14.3. The molecule has 0 radical (unpaired) electrons. The second-order valence-corrected chi connectivity index (χ2v) is 10.3. The van der Waals surface area contributed by atoms with Crippen LogP contribution in [0.2, 0.25) is 0 Å². The van der Waals surface area contributed by atoms with Gasteiger partial charge in [0.2, 0.25) is 17.7 Å². The van der Waals surface area contributed by atoms with E-state index in [-0.39, 0.29) is 30.1 Å². The molecular formula is C33H25N3O3. The average molecular weight is 512 g/mol. The third kappa shape index (κ3) is 3.34. The number of anilines is 1. The molecule has 4 aliphatic rings. The fraction of sp³-hybridized carbons (Fsp3) is 0.152. The molecule has 2 atom stereocenters. The Morgan fingerprint density at radius 3 is 1.97 bits per heavy atom. The minimum atomic E-state index is -1.01. The lowest BCUT2D eigenvalue weighted by Crippen LogP contribution is -2.54. The van der Waals surface area contributed by atoms with E-state index in [1.165, 1.54) is 4.90 Å². The summed E-state index contributed by atoms with van der Waals surface area (Å²) >= 11 is 0. The van der Waals surface area contributed by atoms with Crippen molar-refractivity contribution in [3.05, 3.63) is 137 Å². The summed E-state index contributed by atoms with van der Waals surface area (Å²) in [6.45, 7) is 0. The van der Waals surface area contributed by atoms with Gasteiger partial charge in [-0.15, -0.1) is 0 Å². The van der Waals surface area contributed by atoms with Gasteiger partial charge in [-0.05, 0) is 39.9 Å². The maximum Gasteiger partial charge on any atom is 0.244 e. The van der Waals surface area contributed by atoms with Crippen LogP contribution in [0.15, 0.2) is 114 Å². The summed E-state index contributed by atoms with van der Waals surface area (Å²) in [6, 6.07) is 34.6. The maximum atomic E-state index is 14.3. The zero-order valence-corrected chi connectivity index (χ0v) is 21.0. The molecule has 4 aromatic rings. The van der Waals surface area contributed by atoms with Crippen LogP contribution in [-0.4, -0.2) is 23.9 Å². The van der Waals surface area contributed by atoms with Crippen LogP contribution in [0.25, 0.3) is 0 Å². The molecule has 0 unspecified atom stereocenters. The molecule has 4 aromatic carbocycles. The monoisotopic (exact) mass is 511 g/mol. The highest BCUT2D eigenvalue weighted by Gasteiger charge is 2.68. The molecule has 2 bridgehead atoms. The highest BCUT2D eigenvalue weighted by atomic mass is 16.2. The topological polar surface area (TPSA) is 78.8 Å². The Labute approximate surface area is 226 Å². The average Bonchev–Trinajstić information content (AvgIpc) is 3.25. The zero-order valence-electron chi connectivity index (χ0n) is 21.0. The minimum Gasteiger partial charge on any atom is -0.274 e. The molecule has 8 rings (SSSR count). The van der Waals surface area contributed by atoms with Gasteiger partial charge in [-0.2, -0.15) is 5.10 Å². The summed E-state index contributed by atoms with van der Waals surface area (Å²) in [7, 11) is 0. The van der Waals surface area contributed by atoms with Gasteiger partial charge in [-0.1, -0.05) is 97.1 Å². The van der Waals surface area contributed by atoms with Gasteiger partial charge in [0, 0.05) is 12.1 Å². The van der Waals surface area contributed by atoms with E-state index in [1.54, 1.807) is 18.3 Å². The van der Waals surface area contributed by atoms with E-state index in [0.29, 0.717) is 5.69 Å². The predicted octanol–water partition coefficient (Wildman–Crippen LogP) is 4.58. The zero-order chi connectivity index (χ0) is 26.6. The largest absolute Gasteiger partial charge is 0.274 e. The summed E-state index contributed by atoms with van der Waals surface area (Å²) in [5, 5.41) is 4.47. The second kappa shape index (κ2) is 8.88. The fourth-order valence-corrected chi connectivity index (χ4v) is 6.91. The number of benzene rings is 4. The number of carbonyl (C=O) groups is 3. The van der Waals surface area contributed by atoms with Crippen LogP contribution in [0, 0.1) is 11.8 Å². The van der Waals surface area contributed by atoms with Crippen molar-refractivity contribution in [1.29, 1.82) is 0 Å². The van der Waals surface area contributed by atoms with E-state index in [0.717, 1.165) is 27.8 Å². The van der Waals surface area contributed by atoms with Crippen molar-refractivity contribution < 1.29 is 14.4 Å². The Morgan fingerprint density at radius 2 is 1.33 bits per heavy atom. The standard InChI is InChI=1S/C33H25N3O3/c37-27(19-21-11-3-1-4-12-21)35-34-20-33-25-17-9-7-15-23(25)28(24-16-8-10-18-26(24)33)29-30(33)32(39)36(31(29)38)22-13-5-2-6-14-22/h1-18,20,28-30H,19H2,(H,35,37)/b34-20-/t28?,29-,30+,33?/m1/s1. The van der Waals surface area contributed by atoms with E-state index >= 15 is 0 Å². The minimum absolute atomic E-state index is 0.186. The second-order valence-electron chi connectivity index (χ2n) is 10.3. The van der Waals surface area contributed by atoms with Crippen molar-refractivity contribution in [3.8, 4) is 0 Å². The first-order chi connectivity index (χ1) is 19.1. The molecule has 190 valence electrons. The Balaban J connectivity index is 1.37. The van der Waals surface area contributed by atoms with Gasteiger partial charge in [-0.25, -0.2) is 10.3 Å². The lowest BCUT2D eigenvalue weighted by atomic mass is 9.47. The number of nitrogens with zero attached hydrogens (tertiary/aromatic N) is 2. The molecule has 1 N–H and O–H groups in total. The number of nitrogens with one attached hydrogen (secondary N) is 1. The number of hydrogen-bond donors (Lipinski definition) is 1. The van der Waals surface area contributed by atoms with Gasteiger partial charge in [-0.3, -0.25) is 14.4 Å². The van der Waals surface area contributed by atoms with E-state index in [4.69, 9.17) is 0 Å². The van der Waals surface area contributed by atoms with Crippen LogP contribution >= 0.6 is 0 Å². The molecule has 3 aliphatic carbocycles. The lowest BCUT2D eigenvalue weighted by Gasteiger charge is -2.52. The first-order valence-electron chi connectivity index (χ1n) is 13.1. The van der Waals surface area contributed by atoms with E-state index in [2.05, 4.69) is 10.5 Å². The summed E-state index contributed by atoms with van der Waals surface area (Å²) < 4.78 is 0. The van der Waals surface area contributed by atoms with E-state index in [1.807, 2.05) is 97.1 Å². The van der Waals surface area contributed by atoms with Gasteiger partial charge >= 0.3 is 0 Å². The molecule has 3 amide bonds. The number of imide groups is 1. The van der Waals surface area contributed by atoms with Gasteiger partial charge in [0.25, 0.3) is 0 Å². The smallest absolute Gasteiger partial charge is 0.244 e. The van der Waals surface area contributed by atoms with Gasteiger partial charge in [0.1, 0.15) is 0 Å². The quantitative estimate of drug-likeness (QED) is 0.242. The van der Waals surface area contributed by atoms with E-state index < -0.39 is 17.3 Å². The van der Waals surface area contributed by atoms with Crippen LogP contribution < -0.4 is 10.3 Å². The number of para-hydroxylation sites is 1. The first kappa shape index (κ1) is 23.3. The Bertz CT molecular complexity index is 1600. The number of carbonyl (C=O) groups excluding carboxylic acids is 3. The SMILES string of the molecule is O=C(Cc1ccccc1)N/N=C\C12c3ccccc3C(c3ccccc31)[C@H]1C(=O)N(c3ccccc3)C(=O)[C@H]12. The van der Waals surface area contributed by atoms with Crippen LogP contribution in [-0.2, 0) is 26.2 Å². The molecule has 6 heteroatoms. The van der Waals surface area contributed by atoms with E-state index in [9.17, 15) is 14.4 Å². The highest BCUT2D eigenvalue weighted by Crippen LogP contribution is 2.63. The van der Waals surface area contributed by atoms with Gasteiger partial charge in [0.05, 0.1) is 29.4 Å². The molecule has 1 aliphatic heterocycles. The van der Waals surface area contributed by atoms with Crippen molar-refractivity contribution in [3.63, 3.8) is 0 Å². The molecular weight excluding hydrogens is 486 g/mol. The Kier molecular flexibility index (Phi) is 5.30. The molecule has 0 spiro atoms. The molecule has 39 heavy (non-hydrogen) atoms. The number of hydrogen-bond acceptors (Lipinski definition) is 4. The van der Waals surface area contributed by atoms with Crippen LogP contribution in [0.3, 0.4) is 0 Å². The normalized spacial score (nSPS) is 24.4. The molecule has 1 saturated heterocycles. The molecule has 0 saturated carbocycles. The van der Waals surface area contributed by atoms with Crippen LogP contribution in [0.1, 0.15) is 33.7 Å². The molecule has 6 nitrogen and oxygen atoms in total.